The van der Waals surface area contributed by atoms with Crippen molar-refractivity contribution in [2.24, 2.45) is 5.92 Å². The fourth-order valence-electron chi connectivity index (χ4n) is 1.21. The van der Waals surface area contributed by atoms with Crippen LogP contribution in [0, 0.1) is 5.92 Å². The molecule has 0 spiro atoms. The summed E-state index contributed by atoms with van der Waals surface area (Å²) in [6.45, 7) is 9.08. The molecule has 0 fully saturated rings. The van der Waals surface area contributed by atoms with Crippen molar-refractivity contribution in [1.29, 1.82) is 0 Å². The SMILES string of the molecule is CC(C)C[C@H](NC(=O)O)C(=O)OC(C)(C)C. The Morgan fingerprint density at radius 3 is 2.12 bits per heavy atom. The van der Waals surface area contributed by atoms with Crippen LogP contribution in [0.1, 0.15) is 41.0 Å². The lowest BCUT2D eigenvalue weighted by Gasteiger charge is -2.24. The van der Waals surface area contributed by atoms with Crippen LogP contribution in [0.15, 0.2) is 0 Å². The molecule has 16 heavy (non-hydrogen) atoms. The maximum atomic E-state index is 11.7. The van der Waals surface area contributed by atoms with Crippen molar-refractivity contribution in [1.82, 2.24) is 5.32 Å². The Morgan fingerprint density at radius 1 is 1.31 bits per heavy atom. The van der Waals surface area contributed by atoms with Gasteiger partial charge in [0.1, 0.15) is 11.6 Å². The van der Waals surface area contributed by atoms with Crippen molar-refractivity contribution < 1.29 is 19.4 Å². The molecule has 0 aromatic carbocycles. The van der Waals surface area contributed by atoms with Crippen LogP contribution < -0.4 is 5.32 Å². The van der Waals surface area contributed by atoms with E-state index in [0.717, 1.165) is 0 Å². The molecule has 0 aliphatic carbocycles. The fraction of sp³-hybridized carbons (Fsp3) is 0.818. The van der Waals surface area contributed by atoms with Crippen LogP contribution in [0.25, 0.3) is 0 Å². The number of carboxylic acid groups (broad SMARTS) is 1. The maximum Gasteiger partial charge on any atom is 0.405 e. The number of carbonyl (C=O) groups is 2. The minimum absolute atomic E-state index is 0.212. The number of ether oxygens (including phenoxy) is 1. The van der Waals surface area contributed by atoms with Crippen LogP contribution in [0.4, 0.5) is 4.79 Å². The highest BCUT2D eigenvalue weighted by Crippen LogP contribution is 2.12. The van der Waals surface area contributed by atoms with E-state index in [-0.39, 0.29) is 5.92 Å². The average molecular weight is 231 g/mol. The van der Waals surface area contributed by atoms with Gasteiger partial charge in [-0.2, -0.15) is 0 Å². The van der Waals surface area contributed by atoms with E-state index >= 15 is 0 Å². The van der Waals surface area contributed by atoms with Gasteiger partial charge in [-0.15, -0.1) is 0 Å². The van der Waals surface area contributed by atoms with Gasteiger partial charge in [0.2, 0.25) is 0 Å². The largest absolute Gasteiger partial charge is 0.465 e. The Kier molecular flexibility index (Phi) is 5.27. The van der Waals surface area contributed by atoms with Crippen molar-refractivity contribution in [3.8, 4) is 0 Å². The van der Waals surface area contributed by atoms with Gasteiger partial charge in [-0.05, 0) is 33.1 Å². The second-order valence-corrected chi connectivity index (χ2v) is 5.17. The predicted octanol–water partition coefficient (Wildman–Crippen LogP) is 2.01. The third-order valence-corrected chi connectivity index (χ3v) is 1.70. The minimum Gasteiger partial charge on any atom is -0.465 e. The zero-order valence-electron chi connectivity index (χ0n) is 10.5. The fourth-order valence-corrected chi connectivity index (χ4v) is 1.21. The summed E-state index contributed by atoms with van der Waals surface area (Å²) in [4.78, 5) is 22.2. The molecule has 0 aliphatic heterocycles. The summed E-state index contributed by atoms with van der Waals surface area (Å²) >= 11 is 0. The predicted molar refractivity (Wildman–Crippen MR) is 60.2 cm³/mol. The molecule has 2 N–H and O–H groups in total. The Bertz CT molecular complexity index is 255. The van der Waals surface area contributed by atoms with Crippen LogP contribution in [0.5, 0.6) is 0 Å². The van der Waals surface area contributed by atoms with Gasteiger partial charge in [0.25, 0.3) is 0 Å². The number of esters is 1. The monoisotopic (exact) mass is 231 g/mol. The molecule has 1 amide bonds. The molecule has 0 aliphatic rings. The van der Waals surface area contributed by atoms with E-state index in [2.05, 4.69) is 5.32 Å². The van der Waals surface area contributed by atoms with Crippen LogP contribution in [0.3, 0.4) is 0 Å². The summed E-state index contributed by atoms with van der Waals surface area (Å²) in [6, 6.07) is -0.795. The molecule has 0 aromatic heterocycles. The van der Waals surface area contributed by atoms with Crippen LogP contribution >= 0.6 is 0 Å². The molecule has 1 atom stereocenters. The first-order chi connectivity index (χ1) is 7.11. The van der Waals surface area contributed by atoms with Gasteiger partial charge in [0, 0.05) is 0 Å². The summed E-state index contributed by atoms with van der Waals surface area (Å²) in [7, 11) is 0. The molecule has 5 heteroatoms. The van der Waals surface area contributed by atoms with Crippen molar-refractivity contribution >= 4 is 12.1 Å². The highest BCUT2D eigenvalue weighted by molar-refractivity contribution is 5.80. The van der Waals surface area contributed by atoms with Gasteiger partial charge in [0.15, 0.2) is 0 Å². The zero-order valence-corrected chi connectivity index (χ0v) is 10.5. The lowest BCUT2D eigenvalue weighted by molar-refractivity contribution is -0.157. The Morgan fingerprint density at radius 2 is 1.81 bits per heavy atom. The average Bonchev–Trinajstić information content (AvgIpc) is 1.97. The van der Waals surface area contributed by atoms with Gasteiger partial charge in [-0.3, -0.25) is 0 Å². The molecule has 0 rings (SSSR count). The number of carbonyl (C=O) groups excluding carboxylic acids is 1. The van der Waals surface area contributed by atoms with Gasteiger partial charge < -0.3 is 15.2 Å². The molecule has 94 valence electrons. The second kappa shape index (κ2) is 5.72. The topological polar surface area (TPSA) is 75.6 Å². The van der Waals surface area contributed by atoms with E-state index < -0.39 is 23.7 Å². The van der Waals surface area contributed by atoms with E-state index in [9.17, 15) is 9.59 Å². The molecule has 0 heterocycles. The van der Waals surface area contributed by atoms with Gasteiger partial charge in [0.05, 0.1) is 0 Å². The van der Waals surface area contributed by atoms with Crippen molar-refractivity contribution in [3.05, 3.63) is 0 Å². The number of hydrogen-bond donors (Lipinski definition) is 2. The lowest BCUT2D eigenvalue weighted by atomic mass is 10.0. The quantitative estimate of drug-likeness (QED) is 0.726. The molecule has 0 aromatic rings. The van der Waals surface area contributed by atoms with Gasteiger partial charge in [-0.1, -0.05) is 13.8 Å². The number of nitrogens with one attached hydrogen (secondary N) is 1. The van der Waals surface area contributed by atoms with E-state index in [4.69, 9.17) is 9.84 Å². The van der Waals surface area contributed by atoms with E-state index in [0.29, 0.717) is 6.42 Å². The molecule has 0 saturated heterocycles. The third-order valence-electron chi connectivity index (χ3n) is 1.70. The summed E-state index contributed by atoms with van der Waals surface area (Å²) in [5.74, 6) is -0.312. The molecule has 0 bridgehead atoms. The number of hydrogen-bond acceptors (Lipinski definition) is 3. The zero-order chi connectivity index (χ0) is 12.9. The minimum atomic E-state index is -1.21. The Labute approximate surface area is 96.2 Å². The summed E-state index contributed by atoms with van der Waals surface area (Å²) in [6.07, 6.45) is -0.780. The maximum absolute atomic E-state index is 11.7. The standard InChI is InChI=1S/C11H21NO4/c1-7(2)6-8(12-10(14)15)9(13)16-11(3,4)5/h7-8,12H,6H2,1-5H3,(H,14,15)/t8-/m0/s1. The molecule has 0 radical (unpaired) electrons. The van der Waals surface area contributed by atoms with Gasteiger partial charge >= 0.3 is 12.1 Å². The molecule has 0 saturated carbocycles. The smallest absolute Gasteiger partial charge is 0.405 e. The molecular formula is C11H21NO4. The second-order valence-electron chi connectivity index (χ2n) is 5.17. The van der Waals surface area contributed by atoms with Crippen LogP contribution in [0.2, 0.25) is 0 Å². The Hall–Kier alpha value is -1.26. The molecule has 0 unspecified atom stereocenters. The van der Waals surface area contributed by atoms with E-state index in [1.54, 1.807) is 20.8 Å². The highest BCUT2D eigenvalue weighted by Gasteiger charge is 2.27. The first-order valence-electron chi connectivity index (χ1n) is 5.34. The third kappa shape index (κ3) is 7.09. The summed E-state index contributed by atoms with van der Waals surface area (Å²) in [5, 5.41) is 10.8. The molecular weight excluding hydrogens is 210 g/mol. The first kappa shape index (κ1) is 14.7. The summed E-state index contributed by atoms with van der Waals surface area (Å²) < 4.78 is 5.14. The summed E-state index contributed by atoms with van der Waals surface area (Å²) in [5.41, 5.74) is -0.605. The van der Waals surface area contributed by atoms with Crippen molar-refractivity contribution in [2.75, 3.05) is 0 Å². The highest BCUT2D eigenvalue weighted by atomic mass is 16.6. The molecule has 5 nitrogen and oxygen atoms in total. The normalized spacial score (nSPS) is 13.4. The number of rotatable bonds is 4. The first-order valence-corrected chi connectivity index (χ1v) is 5.34. The van der Waals surface area contributed by atoms with Crippen molar-refractivity contribution in [3.63, 3.8) is 0 Å². The van der Waals surface area contributed by atoms with Gasteiger partial charge in [-0.25, -0.2) is 9.59 Å². The number of amides is 1. The Balaban J connectivity index is 4.49. The van der Waals surface area contributed by atoms with Crippen molar-refractivity contribution in [2.45, 2.75) is 52.7 Å². The van der Waals surface area contributed by atoms with Crippen LogP contribution in [-0.2, 0) is 9.53 Å². The van der Waals surface area contributed by atoms with E-state index in [1.165, 1.54) is 0 Å². The van der Waals surface area contributed by atoms with Crippen LogP contribution in [-0.4, -0.2) is 28.8 Å². The lowest BCUT2D eigenvalue weighted by Crippen LogP contribution is -2.44. The van der Waals surface area contributed by atoms with E-state index in [1.807, 2.05) is 13.8 Å².